The molecule has 0 radical (unpaired) electrons. The zero-order chi connectivity index (χ0) is 20.0. The highest BCUT2D eigenvalue weighted by Crippen LogP contribution is 2.40. The molecule has 2 aliphatic carbocycles. The number of aryl methyl sites for hydroxylation is 2. The van der Waals surface area contributed by atoms with Gasteiger partial charge in [-0.05, 0) is 68.6 Å². The second-order valence-electron chi connectivity index (χ2n) is 8.66. The average Bonchev–Trinajstić information content (AvgIpc) is 3.35. The Morgan fingerprint density at radius 1 is 1.03 bits per heavy atom. The number of nitrogens with zero attached hydrogens (tertiary/aromatic N) is 3. The molecule has 1 aromatic carbocycles. The Bertz CT molecular complexity index is 903. The van der Waals surface area contributed by atoms with Gasteiger partial charge in [-0.25, -0.2) is 9.97 Å². The number of methoxy groups -OCH3 is 1. The molecular weight excluding hydrogens is 366 g/mol. The highest BCUT2D eigenvalue weighted by atomic mass is 16.5. The molecule has 1 saturated heterocycles. The fraction of sp³-hybridized carbons (Fsp3) is 0.565. The van der Waals surface area contributed by atoms with Crippen molar-refractivity contribution in [2.75, 3.05) is 25.1 Å². The van der Waals surface area contributed by atoms with Crippen molar-refractivity contribution in [1.29, 1.82) is 0 Å². The Balaban J connectivity index is 1.31. The summed E-state index contributed by atoms with van der Waals surface area (Å²) in [6.07, 6.45) is 4.28. The summed E-state index contributed by atoms with van der Waals surface area (Å²) in [5.74, 6) is 3.21. The number of fused-ring (bicyclic) bond motifs is 2. The smallest absolute Gasteiger partial charge is 0.225 e. The predicted molar refractivity (Wildman–Crippen MR) is 111 cm³/mol. The van der Waals surface area contributed by atoms with Crippen molar-refractivity contribution in [3.8, 4) is 11.5 Å². The van der Waals surface area contributed by atoms with E-state index in [0.717, 1.165) is 50.4 Å². The van der Waals surface area contributed by atoms with E-state index in [1.165, 1.54) is 17.7 Å². The molecule has 5 rings (SSSR count). The van der Waals surface area contributed by atoms with Gasteiger partial charge in [0.2, 0.25) is 5.95 Å². The van der Waals surface area contributed by atoms with E-state index in [0.29, 0.717) is 23.3 Å². The molecule has 1 N–H and O–H groups in total. The third-order valence-corrected chi connectivity index (χ3v) is 6.84. The molecular formula is C23H29N3O3. The van der Waals surface area contributed by atoms with Crippen LogP contribution in [-0.2, 0) is 12.8 Å². The molecule has 3 aliphatic rings. The highest BCUT2D eigenvalue weighted by Gasteiger charge is 2.43. The van der Waals surface area contributed by atoms with Crippen LogP contribution in [-0.4, -0.2) is 47.5 Å². The Kier molecular flexibility index (Phi) is 4.82. The number of aliphatic hydroxyl groups is 1. The fourth-order valence-electron chi connectivity index (χ4n) is 5.30. The number of ether oxygens (including phenoxy) is 2. The van der Waals surface area contributed by atoms with Gasteiger partial charge in [-0.3, -0.25) is 0 Å². The van der Waals surface area contributed by atoms with Crippen LogP contribution < -0.4 is 14.4 Å². The van der Waals surface area contributed by atoms with Gasteiger partial charge in [0, 0.05) is 24.5 Å². The average molecular weight is 396 g/mol. The number of aliphatic hydroxyl groups excluding tert-OH is 1. The molecule has 2 fully saturated rings. The highest BCUT2D eigenvalue weighted by molar-refractivity contribution is 5.41. The van der Waals surface area contributed by atoms with E-state index < -0.39 is 6.10 Å². The Hall–Kier alpha value is -2.34. The molecule has 0 amide bonds. The molecule has 1 saturated carbocycles. The van der Waals surface area contributed by atoms with Crippen molar-refractivity contribution >= 4 is 5.95 Å². The SMILES string of the molecule is COc1ccccc1O[C@@H]1C[C@@H]2CN(c3nc(C)c4c(n3)CCC4)C[C@@H]2C[C@H]1O. The van der Waals surface area contributed by atoms with E-state index in [2.05, 4.69) is 11.8 Å². The van der Waals surface area contributed by atoms with Crippen LogP contribution in [0.2, 0.25) is 0 Å². The number of rotatable bonds is 4. The Morgan fingerprint density at radius 2 is 1.79 bits per heavy atom. The van der Waals surface area contributed by atoms with Crippen LogP contribution >= 0.6 is 0 Å². The zero-order valence-corrected chi connectivity index (χ0v) is 17.2. The van der Waals surface area contributed by atoms with Gasteiger partial charge in [0.25, 0.3) is 0 Å². The predicted octanol–water partition coefficient (Wildman–Crippen LogP) is 2.94. The molecule has 1 aromatic heterocycles. The third-order valence-electron chi connectivity index (χ3n) is 6.84. The lowest BCUT2D eigenvalue weighted by Gasteiger charge is -2.35. The molecule has 6 nitrogen and oxygen atoms in total. The van der Waals surface area contributed by atoms with Crippen molar-refractivity contribution < 1.29 is 14.6 Å². The van der Waals surface area contributed by atoms with Gasteiger partial charge in [0.05, 0.1) is 13.2 Å². The van der Waals surface area contributed by atoms with Gasteiger partial charge < -0.3 is 19.5 Å². The van der Waals surface area contributed by atoms with Crippen molar-refractivity contribution in [2.24, 2.45) is 11.8 Å². The monoisotopic (exact) mass is 395 g/mol. The van der Waals surface area contributed by atoms with Crippen LogP contribution in [0.1, 0.15) is 36.2 Å². The largest absolute Gasteiger partial charge is 0.493 e. The van der Waals surface area contributed by atoms with E-state index >= 15 is 0 Å². The lowest BCUT2D eigenvalue weighted by Crippen LogP contribution is -2.42. The standard InChI is InChI=1S/C23H29N3O3/c1-14-17-6-5-7-18(17)25-23(24-14)26-12-15-10-19(27)22(11-16(15)13-26)29-21-9-4-3-8-20(21)28-2/h3-4,8-9,15-16,19,22,27H,5-7,10-13H2,1-2H3/t15-,16+,19+,22+/m0/s1. The summed E-state index contributed by atoms with van der Waals surface area (Å²) in [7, 11) is 1.64. The Morgan fingerprint density at radius 3 is 2.59 bits per heavy atom. The fourth-order valence-corrected chi connectivity index (χ4v) is 5.30. The maximum Gasteiger partial charge on any atom is 0.225 e. The number of hydrogen-bond donors (Lipinski definition) is 1. The third kappa shape index (κ3) is 3.44. The molecule has 29 heavy (non-hydrogen) atoms. The van der Waals surface area contributed by atoms with E-state index in [1.54, 1.807) is 7.11 Å². The first kappa shape index (κ1) is 18.7. The molecule has 6 heteroatoms. The van der Waals surface area contributed by atoms with Gasteiger partial charge in [-0.15, -0.1) is 0 Å². The molecule has 2 heterocycles. The van der Waals surface area contributed by atoms with Gasteiger partial charge in [0.1, 0.15) is 6.10 Å². The molecule has 2 aromatic rings. The summed E-state index contributed by atoms with van der Waals surface area (Å²) in [6.45, 7) is 3.96. The summed E-state index contributed by atoms with van der Waals surface area (Å²) in [6, 6.07) is 7.64. The van der Waals surface area contributed by atoms with E-state index in [9.17, 15) is 5.11 Å². The van der Waals surface area contributed by atoms with Crippen molar-refractivity contribution in [3.63, 3.8) is 0 Å². The number of aromatic nitrogens is 2. The molecule has 0 spiro atoms. The lowest BCUT2D eigenvalue weighted by atomic mass is 9.78. The minimum atomic E-state index is -0.469. The molecule has 0 bridgehead atoms. The van der Waals surface area contributed by atoms with Crippen LogP contribution in [0.5, 0.6) is 11.5 Å². The summed E-state index contributed by atoms with van der Waals surface area (Å²) in [5, 5.41) is 10.8. The van der Waals surface area contributed by atoms with Gasteiger partial charge >= 0.3 is 0 Å². The zero-order valence-electron chi connectivity index (χ0n) is 17.2. The minimum absolute atomic E-state index is 0.213. The number of para-hydroxylation sites is 2. The Labute approximate surface area is 171 Å². The number of benzene rings is 1. The maximum absolute atomic E-state index is 10.8. The molecule has 0 unspecified atom stereocenters. The summed E-state index contributed by atoms with van der Waals surface area (Å²) >= 11 is 0. The number of hydrogen-bond acceptors (Lipinski definition) is 6. The van der Waals surface area contributed by atoms with Crippen molar-refractivity contribution in [3.05, 3.63) is 41.2 Å². The van der Waals surface area contributed by atoms with Crippen LogP contribution in [0.3, 0.4) is 0 Å². The summed E-state index contributed by atoms with van der Waals surface area (Å²) < 4.78 is 11.6. The van der Waals surface area contributed by atoms with E-state index in [4.69, 9.17) is 19.4 Å². The first-order valence-corrected chi connectivity index (χ1v) is 10.7. The topological polar surface area (TPSA) is 67.7 Å². The van der Waals surface area contributed by atoms with Gasteiger partial charge in [0.15, 0.2) is 11.5 Å². The first-order chi connectivity index (χ1) is 14.1. The second kappa shape index (κ2) is 7.48. The normalized spacial score (nSPS) is 28.2. The number of anilines is 1. The first-order valence-electron chi connectivity index (χ1n) is 10.7. The maximum atomic E-state index is 10.8. The quantitative estimate of drug-likeness (QED) is 0.859. The van der Waals surface area contributed by atoms with Crippen molar-refractivity contribution in [1.82, 2.24) is 9.97 Å². The minimum Gasteiger partial charge on any atom is -0.493 e. The van der Waals surface area contributed by atoms with Crippen LogP contribution in [0.25, 0.3) is 0 Å². The van der Waals surface area contributed by atoms with E-state index in [-0.39, 0.29) is 6.10 Å². The van der Waals surface area contributed by atoms with E-state index in [1.807, 2.05) is 24.3 Å². The molecule has 154 valence electrons. The molecule has 1 aliphatic heterocycles. The van der Waals surface area contributed by atoms with Crippen molar-refractivity contribution in [2.45, 2.75) is 51.2 Å². The van der Waals surface area contributed by atoms with Gasteiger partial charge in [-0.1, -0.05) is 12.1 Å². The second-order valence-corrected chi connectivity index (χ2v) is 8.66. The van der Waals surface area contributed by atoms with Crippen LogP contribution in [0.4, 0.5) is 5.95 Å². The van der Waals surface area contributed by atoms with Gasteiger partial charge in [-0.2, -0.15) is 0 Å². The van der Waals surface area contributed by atoms with Crippen LogP contribution in [0.15, 0.2) is 24.3 Å². The van der Waals surface area contributed by atoms with Crippen LogP contribution in [0, 0.1) is 18.8 Å². The molecule has 4 atom stereocenters. The summed E-state index contributed by atoms with van der Waals surface area (Å²) in [4.78, 5) is 12.0. The lowest BCUT2D eigenvalue weighted by molar-refractivity contribution is -0.0240. The summed E-state index contributed by atoms with van der Waals surface area (Å²) in [5.41, 5.74) is 3.72.